The average Bonchev–Trinajstić information content (AvgIpc) is 2.45. The Morgan fingerprint density at radius 2 is 1.75 bits per heavy atom. The van der Waals surface area contributed by atoms with Gasteiger partial charge in [0.1, 0.15) is 5.75 Å². The summed E-state index contributed by atoms with van der Waals surface area (Å²) in [5.74, 6) is -2.88. The van der Waals surface area contributed by atoms with Crippen LogP contribution in [0.3, 0.4) is 0 Å². The van der Waals surface area contributed by atoms with E-state index in [1.54, 1.807) is 31.2 Å². The fourth-order valence-corrected chi connectivity index (χ4v) is 1.79. The van der Waals surface area contributed by atoms with E-state index in [-0.39, 0.29) is 0 Å². The molecular formula is C15H18O5. The number of hydrogen-bond acceptors (Lipinski definition) is 5. The van der Waals surface area contributed by atoms with Gasteiger partial charge in [-0.15, -0.1) is 0 Å². The fourth-order valence-electron chi connectivity index (χ4n) is 1.79. The molecule has 2 atom stereocenters. The van der Waals surface area contributed by atoms with E-state index in [1.807, 2.05) is 6.07 Å². The first-order chi connectivity index (χ1) is 9.51. The van der Waals surface area contributed by atoms with Crippen molar-refractivity contribution in [3.8, 4) is 5.75 Å². The van der Waals surface area contributed by atoms with Crippen LogP contribution in [0.2, 0.25) is 0 Å². The number of benzene rings is 1. The van der Waals surface area contributed by atoms with Crippen LogP contribution in [0, 0.1) is 5.92 Å². The van der Waals surface area contributed by atoms with Gasteiger partial charge < -0.3 is 9.47 Å². The third kappa shape index (κ3) is 3.91. The summed E-state index contributed by atoms with van der Waals surface area (Å²) >= 11 is 0. The number of ketones is 2. The van der Waals surface area contributed by atoms with Gasteiger partial charge in [0.2, 0.25) is 0 Å². The highest BCUT2D eigenvalue weighted by molar-refractivity contribution is 6.17. The highest BCUT2D eigenvalue weighted by Crippen LogP contribution is 2.17. The standard InChI is InChI=1S/C15H18O5/c1-4-12(20-11-8-6-5-7-9-11)14(17)13(10(2)16)15(18)19-3/h5-9,12-13H,4H2,1-3H3. The van der Waals surface area contributed by atoms with Crippen molar-refractivity contribution in [3.63, 3.8) is 0 Å². The highest BCUT2D eigenvalue weighted by atomic mass is 16.5. The molecule has 0 aliphatic heterocycles. The number of carbonyl (C=O) groups excluding carboxylic acids is 3. The van der Waals surface area contributed by atoms with Crippen molar-refractivity contribution in [2.45, 2.75) is 26.4 Å². The van der Waals surface area contributed by atoms with E-state index in [1.165, 1.54) is 6.92 Å². The Morgan fingerprint density at radius 3 is 2.20 bits per heavy atom. The van der Waals surface area contributed by atoms with Gasteiger partial charge in [-0.2, -0.15) is 0 Å². The Hall–Kier alpha value is -2.17. The molecule has 0 aliphatic rings. The van der Waals surface area contributed by atoms with Crippen LogP contribution in [0.15, 0.2) is 30.3 Å². The second-order valence-corrected chi connectivity index (χ2v) is 4.30. The Balaban J connectivity index is 2.90. The molecule has 0 aromatic heterocycles. The maximum Gasteiger partial charge on any atom is 0.323 e. The van der Waals surface area contributed by atoms with Gasteiger partial charge in [-0.25, -0.2) is 0 Å². The van der Waals surface area contributed by atoms with E-state index in [0.29, 0.717) is 12.2 Å². The molecule has 0 bridgehead atoms. The molecule has 5 nitrogen and oxygen atoms in total. The molecule has 0 heterocycles. The quantitative estimate of drug-likeness (QED) is 0.562. The van der Waals surface area contributed by atoms with Crippen molar-refractivity contribution >= 4 is 17.5 Å². The van der Waals surface area contributed by atoms with Crippen LogP contribution in [0.4, 0.5) is 0 Å². The lowest BCUT2D eigenvalue weighted by molar-refractivity contribution is -0.154. The Labute approximate surface area is 117 Å². The van der Waals surface area contributed by atoms with Crippen LogP contribution >= 0.6 is 0 Å². The predicted molar refractivity (Wildman–Crippen MR) is 72.3 cm³/mol. The van der Waals surface area contributed by atoms with Crippen LogP contribution in [0.25, 0.3) is 0 Å². The summed E-state index contributed by atoms with van der Waals surface area (Å²) < 4.78 is 10.0. The van der Waals surface area contributed by atoms with E-state index < -0.39 is 29.6 Å². The van der Waals surface area contributed by atoms with E-state index >= 15 is 0 Å². The molecule has 0 spiro atoms. The third-order valence-corrected chi connectivity index (χ3v) is 2.84. The minimum atomic E-state index is -1.42. The van der Waals surface area contributed by atoms with E-state index in [9.17, 15) is 14.4 Å². The Morgan fingerprint density at radius 1 is 1.15 bits per heavy atom. The molecule has 2 unspecified atom stereocenters. The predicted octanol–water partition coefficient (Wildman–Crippen LogP) is 1.79. The first-order valence-corrected chi connectivity index (χ1v) is 6.35. The summed E-state index contributed by atoms with van der Waals surface area (Å²) in [7, 11) is 1.14. The summed E-state index contributed by atoms with van der Waals surface area (Å²) in [5, 5.41) is 0. The van der Waals surface area contributed by atoms with Crippen molar-refractivity contribution in [3.05, 3.63) is 30.3 Å². The molecule has 1 rings (SSSR count). The number of ether oxygens (including phenoxy) is 2. The number of rotatable bonds is 7. The second kappa shape index (κ2) is 7.43. The van der Waals surface area contributed by atoms with Crippen molar-refractivity contribution < 1.29 is 23.9 Å². The molecule has 0 saturated carbocycles. The normalized spacial score (nSPS) is 13.2. The largest absolute Gasteiger partial charge is 0.483 e. The zero-order valence-electron chi connectivity index (χ0n) is 11.8. The van der Waals surface area contributed by atoms with Gasteiger partial charge in [0, 0.05) is 0 Å². The summed E-state index contributed by atoms with van der Waals surface area (Å²) in [4.78, 5) is 35.3. The van der Waals surface area contributed by atoms with Gasteiger partial charge >= 0.3 is 5.97 Å². The molecule has 0 N–H and O–H groups in total. The van der Waals surface area contributed by atoms with Crippen LogP contribution < -0.4 is 4.74 Å². The molecule has 1 aromatic carbocycles. The van der Waals surface area contributed by atoms with E-state index in [2.05, 4.69) is 4.74 Å². The molecule has 0 amide bonds. The monoisotopic (exact) mass is 278 g/mol. The van der Waals surface area contributed by atoms with Crippen molar-refractivity contribution in [1.82, 2.24) is 0 Å². The summed E-state index contributed by atoms with van der Waals surface area (Å²) in [6.45, 7) is 2.94. The minimum Gasteiger partial charge on any atom is -0.483 e. The lowest BCUT2D eigenvalue weighted by Gasteiger charge is -2.19. The average molecular weight is 278 g/mol. The maximum absolute atomic E-state index is 12.3. The molecule has 0 radical (unpaired) electrons. The molecule has 108 valence electrons. The summed E-state index contributed by atoms with van der Waals surface area (Å²) in [5.41, 5.74) is 0. The smallest absolute Gasteiger partial charge is 0.323 e. The van der Waals surface area contributed by atoms with Crippen molar-refractivity contribution in [2.75, 3.05) is 7.11 Å². The van der Waals surface area contributed by atoms with Gasteiger partial charge in [0.15, 0.2) is 23.6 Å². The van der Waals surface area contributed by atoms with Crippen molar-refractivity contribution in [2.24, 2.45) is 5.92 Å². The fraction of sp³-hybridized carbons (Fsp3) is 0.400. The van der Waals surface area contributed by atoms with E-state index in [0.717, 1.165) is 7.11 Å². The lowest BCUT2D eigenvalue weighted by atomic mass is 9.95. The minimum absolute atomic E-state index is 0.356. The molecular weight excluding hydrogens is 260 g/mol. The van der Waals surface area contributed by atoms with Gasteiger partial charge in [0.25, 0.3) is 0 Å². The Bertz CT molecular complexity index is 480. The topological polar surface area (TPSA) is 69.7 Å². The molecule has 0 saturated heterocycles. The molecule has 0 fully saturated rings. The number of carbonyl (C=O) groups is 3. The van der Waals surface area contributed by atoms with Crippen LogP contribution in [0.1, 0.15) is 20.3 Å². The van der Waals surface area contributed by atoms with Gasteiger partial charge in [-0.1, -0.05) is 25.1 Å². The van der Waals surface area contributed by atoms with Gasteiger partial charge in [0.05, 0.1) is 7.11 Å². The molecule has 5 heteroatoms. The summed E-state index contributed by atoms with van der Waals surface area (Å²) in [6.07, 6.45) is -0.500. The number of esters is 1. The number of para-hydroxylation sites is 1. The summed E-state index contributed by atoms with van der Waals surface area (Å²) in [6, 6.07) is 8.78. The van der Waals surface area contributed by atoms with E-state index in [4.69, 9.17) is 4.74 Å². The van der Waals surface area contributed by atoms with Gasteiger partial charge in [-0.05, 0) is 25.5 Å². The zero-order valence-corrected chi connectivity index (χ0v) is 11.8. The zero-order chi connectivity index (χ0) is 15.1. The van der Waals surface area contributed by atoms with Crippen molar-refractivity contribution in [1.29, 1.82) is 0 Å². The molecule has 0 aliphatic carbocycles. The number of Topliss-reactive ketones (excluding diaryl/α,β-unsaturated/α-hetero) is 2. The highest BCUT2D eigenvalue weighted by Gasteiger charge is 2.37. The van der Waals surface area contributed by atoms with Crippen LogP contribution in [-0.4, -0.2) is 30.7 Å². The lowest BCUT2D eigenvalue weighted by Crippen LogP contribution is -2.40. The first kappa shape index (κ1) is 15.9. The maximum atomic E-state index is 12.3. The van der Waals surface area contributed by atoms with Crippen LogP contribution in [0.5, 0.6) is 5.75 Å². The second-order valence-electron chi connectivity index (χ2n) is 4.30. The number of hydrogen-bond donors (Lipinski definition) is 0. The SMILES string of the molecule is CCC(Oc1ccccc1)C(=O)C(C(C)=O)C(=O)OC. The van der Waals surface area contributed by atoms with Gasteiger partial charge in [-0.3, -0.25) is 14.4 Å². The molecule has 20 heavy (non-hydrogen) atoms. The third-order valence-electron chi connectivity index (χ3n) is 2.84. The van der Waals surface area contributed by atoms with Crippen LogP contribution in [-0.2, 0) is 19.1 Å². The number of methoxy groups -OCH3 is 1. The Kier molecular flexibility index (Phi) is 5.90. The molecule has 1 aromatic rings. The first-order valence-electron chi connectivity index (χ1n) is 6.35.